The van der Waals surface area contributed by atoms with Crippen molar-refractivity contribution in [3.63, 3.8) is 0 Å². The van der Waals surface area contributed by atoms with E-state index in [4.69, 9.17) is 5.73 Å². The minimum atomic E-state index is 0. The Labute approximate surface area is 123 Å². The van der Waals surface area contributed by atoms with Gasteiger partial charge in [-0.25, -0.2) is 4.98 Å². The molecule has 98 valence electrons. The first-order valence-corrected chi connectivity index (χ1v) is 6.70. The number of anilines is 1. The van der Waals surface area contributed by atoms with Crippen LogP contribution in [-0.4, -0.2) is 4.98 Å². The van der Waals surface area contributed by atoms with Crippen LogP contribution in [0, 0.1) is 12.8 Å². The summed E-state index contributed by atoms with van der Waals surface area (Å²) in [6.07, 6.45) is 1.12. The monoisotopic (exact) mass is 326 g/mol. The fourth-order valence-electron chi connectivity index (χ4n) is 1.95. The number of aromatic nitrogens is 1. The first-order chi connectivity index (χ1) is 8.06. The Bertz CT molecular complexity index is 503. The minimum absolute atomic E-state index is 0. The van der Waals surface area contributed by atoms with Gasteiger partial charge in [-0.3, -0.25) is 0 Å². The van der Waals surface area contributed by atoms with Crippen LogP contribution in [0.1, 0.15) is 24.3 Å². The van der Waals surface area contributed by atoms with E-state index in [0.29, 0.717) is 11.0 Å². The van der Waals surface area contributed by atoms with Gasteiger partial charge in [0.05, 0.1) is 5.69 Å². The van der Waals surface area contributed by atoms with Crippen molar-refractivity contribution in [3.8, 4) is 11.3 Å². The van der Waals surface area contributed by atoms with Crippen molar-refractivity contribution in [1.29, 1.82) is 0 Å². The zero-order valence-electron chi connectivity index (χ0n) is 10.9. The van der Waals surface area contributed by atoms with Crippen molar-refractivity contribution in [3.05, 3.63) is 34.7 Å². The van der Waals surface area contributed by atoms with Crippen molar-refractivity contribution in [2.24, 2.45) is 5.92 Å². The SMILES string of the molecule is Br.Cc1sc(N)nc1-c1ccc(CC(C)C)cc1. The Hall–Kier alpha value is -0.870. The molecule has 0 bridgehead atoms. The summed E-state index contributed by atoms with van der Waals surface area (Å²) in [6, 6.07) is 8.65. The summed E-state index contributed by atoms with van der Waals surface area (Å²) in [7, 11) is 0. The van der Waals surface area contributed by atoms with Crippen LogP contribution in [0.3, 0.4) is 0 Å². The molecule has 0 atom stereocenters. The molecule has 2 nitrogen and oxygen atoms in total. The molecule has 18 heavy (non-hydrogen) atoms. The molecule has 0 saturated heterocycles. The van der Waals surface area contributed by atoms with E-state index in [-0.39, 0.29) is 17.0 Å². The van der Waals surface area contributed by atoms with Gasteiger partial charge in [0, 0.05) is 10.4 Å². The quantitative estimate of drug-likeness (QED) is 0.903. The van der Waals surface area contributed by atoms with Gasteiger partial charge in [-0.2, -0.15) is 0 Å². The molecule has 1 aromatic heterocycles. The van der Waals surface area contributed by atoms with Gasteiger partial charge in [-0.15, -0.1) is 28.3 Å². The van der Waals surface area contributed by atoms with Crippen LogP contribution in [0.25, 0.3) is 11.3 Å². The Morgan fingerprint density at radius 3 is 2.28 bits per heavy atom. The number of benzene rings is 1. The largest absolute Gasteiger partial charge is 0.375 e. The van der Waals surface area contributed by atoms with Crippen LogP contribution < -0.4 is 5.73 Å². The van der Waals surface area contributed by atoms with Crippen molar-refractivity contribution >= 4 is 33.4 Å². The Kier molecular flexibility index (Phi) is 5.35. The van der Waals surface area contributed by atoms with Gasteiger partial charge in [0.25, 0.3) is 0 Å². The molecular weight excluding hydrogens is 308 g/mol. The van der Waals surface area contributed by atoms with Crippen molar-refractivity contribution in [2.45, 2.75) is 27.2 Å². The lowest BCUT2D eigenvalue weighted by molar-refractivity contribution is 0.647. The Morgan fingerprint density at radius 1 is 1.22 bits per heavy atom. The highest BCUT2D eigenvalue weighted by molar-refractivity contribution is 8.93. The zero-order valence-corrected chi connectivity index (χ0v) is 13.5. The van der Waals surface area contributed by atoms with Crippen LogP contribution >= 0.6 is 28.3 Å². The summed E-state index contributed by atoms with van der Waals surface area (Å²) < 4.78 is 0. The summed E-state index contributed by atoms with van der Waals surface area (Å²) in [4.78, 5) is 5.55. The second kappa shape index (κ2) is 6.34. The molecule has 2 aromatic rings. The summed E-state index contributed by atoms with van der Waals surface area (Å²) in [6.45, 7) is 6.53. The van der Waals surface area contributed by atoms with Crippen molar-refractivity contribution < 1.29 is 0 Å². The zero-order chi connectivity index (χ0) is 12.4. The molecular formula is C14H19BrN2S. The van der Waals surface area contributed by atoms with Gasteiger partial charge >= 0.3 is 0 Å². The fraction of sp³-hybridized carbons (Fsp3) is 0.357. The summed E-state index contributed by atoms with van der Waals surface area (Å²) in [5, 5.41) is 0.642. The first-order valence-electron chi connectivity index (χ1n) is 5.88. The lowest BCUT2D eigenvalue weighted by Crippen LogP contribution is -1.93. The normalized spacial score (nSPS) is 10.4. The molecule has 0 aliphatic carbocycles. The van der Waals surface area contributed by atoms with Gasteiger partial charge in [-0.1, -0.05) is 38.1 Å². The van der Waals surface area contributed by atoms with Gasteiger partial charge in [-0.05, 0) is 24.8 Å². The number of nitrogens with zero attached hydrogens (tertiary/aromatic N) is 1. The molecule has 2 N–H and O–H groups in total. The molecule has 0 unspecified atom stereocenters. The molecule has 4 heteroatoms. The molecule has 0 saturated carbocycles. The van der Waals surface area contributed by atoms with Crippen molar-refractivity contribution in [2.75, 3.05) is 5.73 Å². The highest BCUT2D eigenvalue weighted by atomic mass is 79.9. The number of hydrogen-bond donors (Lipinski definition) is 1. The van der Waals surface area contributed by atoms with E-state index in [1.165, 1.54) is 10.4 Å². The standard InChI is InChI=1S/C14H18N2S.BrH/c1-9(2)8-11-4-6-12(7-5-11)13-10(3)17-14(15)16-13;/h4-7,9H,8H2,1-3H3,(H2,15,16);1H. The van der Waals surface area contributed by atoms with Gasteiger partial charge in [0.2, 0.25) is 0 Å². The van der Waals surface area contributed by atoms with Crippen molar-refractivity contribution in [1.82, 2.24) is 4.98 Å². The first kappa shape index (κ1) is 15.2. The molecule has 0 fully saturated rings. The summed E-state index contributed by atoms with van der Waals surface area (Å²) in [5.41, 5.74) is 9.27. The number of halogens is 1. The third-order valence-electron chi connectivity index (χ3n) is 2.68. The summed E-state index contributed by atoms with van der Waals surface area (Å²) >= 11 is 1.55. The predicted molar refractivity (Wildman–Crippen MR) is 85.6 cm³/mol. The summed E-state index contributed by atoms with van der Waals surface area (Å²) in [5.74, 6) is 0.692. The smallest absolute Gasteiger partial charge is 0.180 e. The van der Waals surface area contributed by atoms with E-state index in [2.05, 4.69) is 50.0 Å². The number of nitrogen functional groups attached to an aromatic ring is 1. The van der Waals surface area contributed by atoms with Crippen LogP contribution in [0.4, 0.5) is 5.13 Å². The molecule has 1 aromatic carbocycles. The maximum absolute atomic E-state index is 5.72. The molecule has 2 rings (SSSR count). The van der Waals surface area contributed by atoms with E-state index in [9.17, 15) is 0 Å². The second-order valence-corrected chi connectivity index (χ2v) is 5.99. The average Bonchev–Trinajstić information content (AvgIpc) is 2.58. The van der Waals surface area contributed by atoms with E-state index >= 15 is 0 Å². The fourth-order valence-corrected chi connectivity index (χ4v) is 2.67. The van der Waals surface area contributed by atoms with Crippen LogP contribution in [0.15, 0.2) is 24.3 Å². The number of rotatable bonds is 3. The van der Waals surface area contributed by atoms with Crippen LogP contribution in [0.5, 0.6) is 0 Å². The van der Waals surface area contributed by atoms with E-state index in [1.807, 2.05) is 0 Å². The van der Waals surface area contributed by atoms with Crippen LogP contribution in [-0.2, 0) is 6.42 Å². The van der Waals surface area contributed by atoms with Crippen LogP contribution in [0.2, 0.25) is 0 Å². The molecule has 0 aliphatic heterocycles. The second-order valence-electron chi connectivity index (χ2n) is 4.75. The number of hydrogen-bond acceptors (Lipinski definition) is 3. The Balaban J connectivity index is 0.00000162. The number of thiazole rings is 1. The highest BCUT2D eigenvalue weighted by Gasteiger charge is 2.07. The number of nitrogens with two attached hydrogens (primary N) is 1. The van der Waals surface area contributed by atoms with Gasteiger partial charge < -0.3 is 5.73 Å². The molecule has 1 heterocycles. The van der Waals surface area contributed by atoms with E-state index in [1.54, 1.807) is 11.3 Å². The highest BCUT2D eigenvalue weighted by Crippen LogP contribution is 2.28. The predicted octanol–water partition coefficient (Wildman–Crippen LogP) is 4.48. The van der Waals surface area contributed by atoms with Gasteiger partial charge in [0.15, 0.2) is 5.13 Å². The maximum atomic E-state index is 5.72. The number of aryl methyl sites for hydroxylation is 1. The Morgan fingerprint density at radius 2 is 1.83 bits per heavy atom. The third kappa shape index (κ3) is 3.56. The van der Waals surface area contributed by atoms with Gasteiger partial charge in [0.1, 0.15) is 0 Å². The topological polar surface area (TPSA) is 38.9 Å². The lowest BCUT2D eigenvalue weighted by atomic mass is 10.0. The molecule has 0 radical (unpaired) electrons. The molecule has 0 spiro atoms. The average molecular weight is 327 g/mol. The molecule has 0 aliphatic rings. The maximum Gasteiger partial charge on any atom is 0.180 e. The minimum Gasteiger partial charge on any atom is -0.375 e. The third-order valence-corrected chi connectivity index (χ3v) is 3.48. The van der Waals surface area contributed by atoms with E-state index < -0.39 is 0 Å². The lowest BCUT2D eigenvalue weighted by Gasteiger charge is -2.05. The molecule has 0 amide bonds. The van der Waals surface area contributed by atoms with E-state index in [0.717, 1.165) is 17.7 Å².